The van der Waals surface area contributed by atoms with E-state index in [1.54, 1.807) is 43.3 Å². The Bertz CT molecular complexity index is 1620. The van der Waals surface area contributed by atoms with Crippen LogP contribution in [0.15, 0.2) is 66.7 Å². The molecule has 0 bridgehead atoms. The molecule has 0 radical (unpaired) electrons. The minimum Gasteiger partial charge on any atom is -0.493 e. The SMILES string of the molecule is CCC(CC)(c1ccc(C=CC(O)(C(F)(F)F)C(F)(F)F)c(C)c1)c1ccc(OCCCCCN2C(=O)c3ccccc3C2=O)c(C)c1. The molecule has 0 aromatic heterocycles. The number of imide groups is 1. The van der Waals surface area contributed by atoms with Gasteiger partial charge in [0.05, 0.1) is 17.7 Å². The van der Waals surface area contributed by atoms with Crippen molar-refractivity contribution < 1.29 is 45.8 Å². The number of hydrogen-bond acceptors (Lipinski definition) is 4. The first kappa shape index (κ1) is 36.7. The van der Waals surface area contributed by atoms with E-state index in [0.29, 0.717) is 60.9 Å². The number of amides is 2. The van der Waals surface area contributed by atoms with E-state index in [-0.39, 0.29) is 23.5 Å². The van der Waals surface area contributed by atoms with Gasteiger partial charge in [-0.25, -0.2) is 0 Å². The average Bonchev–Trinajstić information content (AvgIpc) is 3.27. The Balaban J connectivity index is 1.40. The Kier molecular flexibility index (Phi) is 10.8. The molecule has 48 heavy (non-hydrogen) atoms. The standard InChI is InChI=1S/C37H39F6NO4/c1-5-34(6-2,27-15-14-26(24(3)22-27)18-19-35(47,36(38,39)40)37(41,42)43)28-16-17-31(25(4)23-28)48-21-11-7-10-20-44-32(45)29-12-8-9-13-30(29)33(44)46/h8-9,12-19,22-23,47H,5-7,10-11,20-21H2,1-4H3. The molecule has 0 spiro atoms. The summed E-state index contributed by atoms with van der Waals surface area (Å²) in [4.78, 5) is 26.4. The van der Waals surface area contributed by atoms with Gasteiger partial charge in [-0.2, -0.15) is 26.3 Å². The Labute approximate surface area is 276 Å². The third-order valence-electron chi connectivity index (χ3n) is 9.29. The second-order valence-corrected chi connectivity index (χ2v) is 12.2. The van der Waals surface area contributed by atoms with E-state index in [0.717, 1.165) is 29.5 Å². The number of aliphatic hydroxyl groups is 1. The average molecular weight is 676 g/mol. The number of carbonyl (C=O) groups is 2. The topological polar surface area (TPSA) is 66.8 Å². The van der Waals surface area contributed by atoms with Crippen molar-refractivity contribution in [3.05, 3.63) is 106 Å². The molecule has 1 N–H and O–H groups in total. The van der Waals surface area contributed by atoms with Crippen LogP contribution in [-0.4, -0.2) is 52.9 Å². The van der Waals surface area contributed by atoms with Gasteiger partial charge in [-0.1, -0.05) is 62.4 Å². The summed E-state index contributed by atoms with van der Waals surface area (Å²) in [5, 5.41) is 9.50. The first-order valence-electron chi connectivity index (χ1n) is 15.9. The minimum atomic E-state index is -5.94. The molecule has 1 heterocycles. The van der Waals surface area contributed by atoms with E-state index in [9.17, 15) is 41.0 Å². The highest BCUT2D eigenvalue weighted by Crippen LogP contribution is 2.45. The predicted octanol–water partition coefficient (Wildman–Crippen LogP) is 9.12. The molecule has 1 aliphatic heterocycles. The number of nitrogens with zero attached hydrogens (tertiary/aromatic N) is 1. The van der Waals surface area contributed by atoms with E-state index in [4.69, 9.17) is 4.74 Å². The molecule has 3 aromatic rings. The van der Waals surface area contributed by atoms with Crippen molar-refractivity contribution in [3.63, 3.8) is 0 Å². The summed E-state index contributed by atoms with van der Waals surface area (Å²) in [6.45, 7) is 8.35. The van der Waals surface area contributed by atoms with Gasteiger partial charge in [-0.3, -0.25) is 14.5 Å². The normalized spacial score (nSPS) is 14.3. The molecule has 0 saturated heterocycles. The van der Waals surface area contributed by atoms with Gasteiger partial charge in [0.15, 0.2) is 0 Å². The molecule has 11 heteroatoms. The Hall–Kier alpha value is -4.12. The van der Waals surface area contributed by atoms with E-state index in [1.807, 2.05) is 39.0 Å². The summed E-state index contributed by atoms with van der Waals surface area (Å²) in [5.74, 6) is 0.180. The number of hydrogen-bond donors (Lipinski definition) is 1. The molecule has 0 atom stereocenters. The number of benzene rings is 3. The second-order valence-electron chi connectivity index (χ2n) is 12.2. The number of halogens is 6. The highest BCUT2D eigenvalue weighted by atomic mass is 19.4. The number of aryl methyl sites for hydroxylation is 2. The minimum absolute atomic E-state index is 0.121. The monoisotopic (exact) mass is 675 g/mol. The smallest absolute Gasteiger partial charge is 0.430 e. The zero-order chi connectivity index (χ0) is 35.5. The molecule has 5 nitrogen and oxygen atoms in total. The molecule has 4 rings (SSSR count). The molecule has 0 saturated carbocycles. The molecule has 3 aromatic carbocycles. The van der Waals surface area contributed by atoms with Crippen molar-refractivity contribution >= 4 is 17.9 Å². The van der Waals surface area contributed by atoms with Gasteiger partial charge >= 0.3 is 12.4 Å². The lowest BCUT2D eigenvalue weighted by Crippen LogP contribution is -2.55. The molecule has 0 fully saturated rings. The largest absolute Gasteiger partial charge is 0.493 e. The van der Waals surface area contributed by atoms with Crippen LogP contribution in [0.4, 0.5) is 26.3 Å². The van der Waals surface area contributed by atoms with Crippen LogP contribution >= 0.6 is 0 Å². The fourth-order valence-corrected chi connectivity index (χ4v) is 6.24. The van der Waals surface area contributed by atoms with Gasteiger partial charge in [0.2, 0.25) is 0 Å². The molecule has 1 aliphatic rings. The van der Waals surface area contributed by atoms with Gasteiger partial charge < -0.3 is 9.84 Å². The van der Waals surface area contributed by atoms with Gasteiger partial charge in [0.25, 0.3) is 17.4 Å². The maximum atomic E-state index is 13.1. The number of unbranched alkanes of at least 4 members (excludes halogenated alkanes) is 2. The van der Waals surface area contributed by atoms with Crippen molar-refractivity contribution in [2.75, 3.05) is 13.2 Å². The molecule has 258 valence electrons. The van der Waals surface area contributed by atoms with Crippen LogP contribution in [-0.2, 0) is 5.41 Å². The number of fused-ring (bicyclic) bond motifs is 1. The van der Waals surface area contributed by atoms with Crippen LogP contribution in [0.3, 0.4) is 0 Å². The molecule has 0 unspecified atom stereocenters. The van der Waals surface area contributed by atoms with Gasteiger partial charge in [-0.05, 0) is 98.0 Å². The predicted molar refractivity (Wildman–Crippen MR) is 171 cm³/mol. The van der Waals surface area contributed by atoms with Crippen LogP contribution in [0.5, 0.6) is 5.75 Å². The number of carbonyl (C=O) groups excluding carboxylic acids is 2. The van der Waals surface area contributed by atoms with E-state index in [2.05, 4.69) is 0 Å². The maximum absolute atomic E-state index is 13.1. The van der Waals surface area contributed by atoms with Gasteiger partial charge in [0.1, 0.15) is 5.75 Å². The van der Waals surface area contributed by atoms with Gasteiger partial charge in [-0.15, -0.1) is 0 Å². The Morgan fingerprint density at radius 3 is 1.79 bits per heavy atom. The quantitative estimate of drug-likeness (QED) is 0.112. The van der Waals surface area contributed by atoms with Crippen molar-refractivity contribution in [3.8, 4) is 5.75 Å². The highest BCUT2D eigenvalue weighted by molar-refractivity contribution is 6.21. The van der Waals surface area contributed by atoms with Crippen LogP contribution in [0, 0.1) is 13.8 Å². The molecule has 0 aliphatic carbocycles. The zero-order valence-corrected chi connectivity index (χ0v) is 27.3. The number of rotatable bonds is 13. The lowest BCUT2D eigenvalue weighted by atomic mass is 9.70. The fourth-order valence-electron chi connectivity index (χ4n) is 6.24. The van der Waals surface area contributed by atoms with Crippen molar-refractivity contribution in [2.45, 2.75) is 83.2 Å². The van der Waals surface area contributed by atoms with Crippen molar-refractivity contribution in [1.29, 1.82) is 0 Å². The van der Waals surface area contributed by atoms with Crippen molar-refractivity contribution in [2.24, 2.45) is 0 Å². The third-order valence-corrected chi connectivity index (χ3v) is 9.29. The summed E-state index contributed by atoms with van der Waals surface area (Å²) in [5.41, 5.74) is -1.25. The van der Waals surface area contributed by atoms with Crippen LogP contribution in [0.1, 0.15) is 94.5 Å². The third kappa shape index (κ3) is 7.02. The van der Waals surface area contributed by atoms with E-state index in [1.165, 1.54) is 11.0 Å². The highest BCUT2D eigenvalue weighted by Gasteiger charge is 2.69. The first-order valence-corrected chi connectivity index (χ1v) is 15.9. The van der Waals surface area contributed by atoms with Crippen molar-refractivity contribution in [1.82, 2.24) is 4.90 Å². The number of alkyl halides is 6. The van der Waals surface area contributed by atoms with E-state index < -0.39 is 23.4 Å². The zero-order valence-electron chi connectivity index (χ0n) is 27.3. The second kappa shape index (κ2) is 14.2. The van der Waals surface area contributed by atoms with Crippen LogP contribution < -0.4 is 4.74 Å². The summed E-state index contributed by atoms with van der Waals surface area (Å²) < 4.78 is 84.9. The first-order chi connectivity index (χ1) is 22.5. The lowest BCUT2D eigenvalue weighted by molar-refractivity contribution is -0.347. The maximum Gasteiger partial charge on any atom is 0.430 e. The molecular formula is C37H39F6NO4. The fraction of sp³-hybridized carbons (Fsp3) is 0.405. The summed E-state index contributed by atoms with van der Waals surface area (Å²) in [6.07, 6.45) is -7.99. The van der Waals surface area contributed by atoms with Gasteiger partial charge in [0, 0.05) is 12.0 Å². The number of ether oxygens (including phenoxy) is 1. The Morgan fingerprint density at radius 2 is 1.29 bits per heavy atom. The molecular weight excluding hydrogens is 636 g/mol. The summed E-state index contributed by atoms with van der Waals surface area (Å²) >= 11 is 0. The molecule has 2 amide bonds. The van der Waals surface area contributed by atoms with Crippen LogP contribution in [0.2, 0.25) is 0 Å². The van der Waals surface area contributed by atoms with Crippen LogP contribution in [0.25, 0.3) is 6.08 Å². The van der Waals surface area contributed by atoms with E-state index >= 15 is 0 Å². The Morgan fingerprint density at radius 1 is 0.750 bits per heavy atom. The summed E-state index contributed by atoms with van der Waals surface area (Å²) in [6, 6.07) is 17.6. The lowest BCUT2D eigenvalue weighted by Gasteiger charge is -2.34. The summed E-state index contributed by atoms with van der Waals surface area (Å²) in [7, 11) is 0.